The lowest BCUT2D eigenvalue weighted by atomic mass is 10.2. The molecule has 0 aliphatic carbocycles. The molecule has 1 aromatic rings. The molecular weight excluding hydrogens is 284 g/mol. The maximum absolute atomic E-state index is 11.6. The minimum Gasteiger partial charge on any atom is -0.496 e. The lowest BCUT2D eigenvalue weighted by molar-refractivity contribution is -0.121. The van der Waals surface area contributed by atoms with Crippen LogP contribution in [-0.2, 0) is 4.79 Å². The van der Waals surface area contributed by atoms with Crippen LogP contribution in [0.3, 0.4) is 0 Å². The molecule has 0 bridgehead atoms. The largest absolute Gasteiger partial charge is 0.496 e. The summed E-state index contributed by atoms with van der Waals surface area (Å²) in [4.78, 5) is 11.6. The zero-order chi connectivity index (χ0) is 16.4. The highest BCUT2D eigenvalue weighted by molar-refractivity contribution is 5.86. The van der Waals surface area contributed by atoms with Crippen LogP contribution in [0.5, 0.6) is 17.2 Å². The number of benzene rings is 1. The minimum atomic E-state index is -0.0934. The molecule has 0 atom stereocenters. The molecule has 0 spiro atoms. The Morgan fingerprint density at radius 2 is 1.73 bits per heavy atom. The van der Waals surface area contributed by atoms with Crippen LogP contribution < -0.4 is 19.6 Å². The van der Waals surface area contributed by atoms with Crippen molar-refractivity contribution < 1.29 is 19.0 Å². The summed E-state index contributed by atoms with van der Waals surface area (Å²) in [7, 11) is 4.67. The first kappa shape index (κ1) is 17.8. The number of amides is 1. The molecule has 22 heavy (non-hydrogen) atoms. The second-order valence-corrected chi connectivity index (χ2v) is 4.70. The van der Waals surface area contributed by atoms with Crippen molar-refractivity contribution in [1.82, 2.24) is 5.43 Å². The lowest BCUT2D eigenvalue weighted by Crippen LogP contribution is -2.16. The van der Waals surface area contributed by atoms with Gasteiger partial charge in [0.05, 0.1) is 27.5 Å². The van der Waals surface area contributed by atoms with Gasteiger partial charge >= 0.3 is 0 Å². The molecule has 6 heteroatoms. The van der Waals surface area contributed by atoms with Gasteiger partial charge in [-0.25, -0.2) is 5.43 Å². The fraction of sp³-hybridized carbons (Fsp3) is 0.500. The van der Waals surface area contributed by atoms with Crippen LogP contribution in [0.15, 0.2) is 17.2 Å². The Balaban J connectivity index is 2.75. The Bertz CT molecular complexity index is 515. The van der Waals surface area contributed by atoms with E-state index < -0.39 is 0 Å². The summed E-state index contributed by atoms with van der Waals surface area (Å²) in [6, 6.07) is 3.45. The van der Waals surface area contributed by atoms with E-state index in [2.05, 4.69) is 17.5 Å². The second-order valence-electron chi connectivity index (χ2n) is 4.70. The number of carbonyl (C=O) groups excluding carboxylic acids is 1. The Morgan fingerprint density at radius 3 is 2.32 bits per heavy atom. The molecule has 0 aliphatic heterocycles. The minimum absolute atomic E-state index is 0.0934. The smallest absolute Gasteiger partial charge is 0.240 e. The molecule has 0 fully saturated rings. The third kappa shape index (κ3) is 5.27. The summed E-state index contributed by atoms with van der Waals surface area (Å²) in [6.45, 7) is 2.10. The van der Waals surface area contributed by atoms with Crippen LogP contribution in [0, 0.1) is 0 Å². The van der Waals surface area contributed by atoms with Gasteiger partial charge in [-0.3, -0.25) is 4.79 Å². The van der Waals surface area contributed by atoms with E-state index in [0.29, 0.717) is 29.2 Å². The topological polar surface area (TPSA) is 69.2 Å². The van der Waals surface area contributed by atoms with Crippen LogP contribution in [0.1, 0.15) is 38.2 Å². The van der Waals surface area contributed by atoms with Crippen LogP contribution in [-0.4, -0.2) is 33.5 Å². The average molecular weight is 308 g/mol. The number of unbranched alkanes of at least 4 members (excludes halogenated alkanes) is 2. The normalized spacial score (nSPS) is 10.5. The van der Waals surface area contributed by atoms with E-state index in [1.165, 1.54) is 6.21 Å². The molecule has 0 radical (unpaired) electrons. The molecule has 1 rings (SSSR count). The van der Waals surface area contributed by atoms with Crippen molar-refractivity contribution in [2.24, 2.45) is 5.10 Å². The summed E-state index contributed by atoms with van der Waals surface area (Å²) in [6.07, 6.45) is 5.00. The lowest BCUT2D eigenvalue weighted by Gasteiger charge is -2.11. The number of methoxy groups -OCH3 is 3. The van der Waals surface area contributed by atoms with Gasteiger partial charge < -0.3 is 14.2 Å². The molecule has 0 heterocycles. The van der Waals surface area contributed by atoms with Gasteiger partial charge in [-0.15, -0.1) is 0 Å². The molecule has 0 aromatic heterocycles. The van der Waals surface area contributed by atoms with Crippen molar-refractivity contribution in [2.75, 3.05) is 21.3 Å². The number of rotatable bonds is 9. The van der Waals surface area contributed by atoms with Gasteiger partial charge in [0.2, 0.25) is 5.91 Å². The highest BCUT2D eigenvalue weighted by Crippen LogP contribution is 2.33. The van der Waals surface area contributed by atoms with E-state index in [9.17, 15) is 4.79 Å². The monoisotopic (exact) mass is 308 g/mol. The summed E-state index contributed by atoms with van der Waals surface area (Å²) in [5.41, 5.74) is 3.20. The summed E-state index contributed by atoms with van der Waals surface area (Å²) >= 11 is 0. The number of hydrogen-bond donors (Lipinski definition) is 1. The Kier molecular flexibility index (Phi) is 7.81. The van der Waals surface area contributed by atoms with E-state index in [1.54, 1.807) is 33.5 Å². The Labute approximate surface area is 131 Å². The van der Waals surface area contributed by atoms with Crippen LogP contribution in [0.2, 0.25) is 0 Å². The fourth-order valence-corrected chi connectivity index (χ4v) is 1.92. The third-order valence-corrected chi connectivity index (χ3v) is 3.14. The SMILES string of the molecule is CCCCCC(=O)NN=Cc1cc(OC)c(OC)cc1OC. The molecule has 0 aliphatic rings. The maximum atomic E-state index is 11.6. The van der Waals surface area contributed by atoms with Gasteiger partial charge in [0, 0.05) is 18.1 Å². The first-order valence-corrected chi connectivity index (χ1v) is 7.28. The van der Waals surface area contributed by atoms with Crippen molar-refractivity contribution in [3.63, 3.8) is 0 Å². The van der Waals surface area contributed by atoms with Gasteiger partial charge in [-0.05, 0) is 12.5 Å². The molecule has 122 valence electrons. The van der Waals surface area contributed by atoms with E-state index >= 15 is 0 Å². The van der Waals surface area contributed by atoms with Gasteiger partial charge in [0.15, 0.2) is 11.5 Å². The quantitative estimate of drug-likeness (QED) is 0.433. The molecule has 0 saturated carbocycles. The van der Waals surface area contributed by atoms with Crippen molar-refractivity contribution in [3.05, 3.63) is 17.7 Å². The summed E-state index contributed by atoms with van der Waals surface area (Å²) in [5.74, 6) is 1.63. The number of hydrogen-bond acceptors (Lipinski definition) is 5. The van der Waals surface area contributed by atoms with Crippen molar-refractivity contribution in [1.29, 1.82) is 0 Å². The Morgan fingerprint density at radius 1 is 1.09 bits per heavy atom. The van der Waals surface area contributed by atoms with Crippen LogP contribution >= 0.6 is 0 Å². The molecule has 6 nitrogen and oxygen atoms in total. The van der Waals surface area contributed by atoms with Crippen LogP contribution in [0.25, 0.3) is 0 Å². The van der Waals surface area contributed by atoms with E-state index in [-0.39, 0.29) is 5.91 Å². The summed E-state index contributed by atoms with van der Waals surface area (Å²) < 4.78 is 15.7. The maximum Gasteiger partial charge on any atom is 0.240 e. The molecule has 1 amide bonds. The molecule has 1 N–H and O–H groups in total. The number of carbonyl (C=O) groups is 1. The zero-order valence-corrected chi connectivity index (χ0v) is 13.6. The first-order valence-electron chi connectivity index (χ1n) is 7.28. The number of nitrogens with zero attached hydrogens (tertiary/aromatic N) is 1. The van der Waals surface area contributed by atoms with Crippen molar-refractivity contribution in [3.8, 4) is 17.2 Å². The predicted octanol–water partition coefficient (Wildman–Crippen LogP) is 2.74. The number of nitrogens with one attached hydrogen (secondary N) is 1. The van der Waals surface area contributed by atoms with Gasteiger partial charge in [0.25, 0.3) is 0 Å². The molecule has 1 aromatic carbocycles. The predicted molar refractivity (Wildman–Crippen MR) is 86.0 cm³/mol. The molecular formula is C16H24N2O4. The van der Waals surface area contributed by atoms with Gasteiger partial charge in [-0.2, -0.15) is 5.10 Å². The van der Waals surface area contributed by atoms with E-state index in [4.69, 9.17) is 14.2 Å². The average Bonchev–Trinajstić information content (AvgIpc) is 2.54. The van der Waals surface area contributed by atoms with Crippen LogP contribution in [0.4, 0.5) is 0 Å². The van der Waals surface area contributed by atoms with Crippen molar-refractivity contribution >= 4 is 12.1 Å². The molecule has 0 saturated heterocycles. The highest BCUT2D eigenvalue weighted by atomic mass is 16.5. The second kappa shape index (κ2) is 9.65. The van der Waals surface area contributed by atoms with Crippen molar-refractivity contribution in [2.45, 2.75) is 32.6 Å². The third-order valence-electron chi connectivity index (χ3n) is 3.14. The first-order chi connectivity index (χ1) is 10.7. The van der Waals surface area contributed by atoms with E-state index in [0.717, 1.165) is 19.3 Å². The fourth-order valence-electron chi connectivity index (χ4n) is 1.92. The molecule has 0 unspecified atom stereocenters. The van der Waals surface area contributed by atoms with Gasteiger partial charge in [0.1, 0.15) is 5.75 Å². The van der Waals surface area contributed by atoms with E-state index in [1.807, 2.05) is 0 Å². The van der Waals surface area contributed by atoms with Gasteiger partial charge in [-0.1, -0.05) is 19.8 Å². The zero-order valence-electron chi connectivity index (χ0n) is 13.6. The number of hydrazone groups is 1. The highest BCUT2D eigenvalue weighted by Gasteiger charge is 2.10. The standard InChI is InChI=1S/C16H24N2O4/c1-5-6-7-8-16(19)18-17-11-12-9-14(21-3)15(22-4)10-13(12)20-2/h9-11H,5-8H2,1-4H3,(H,18,19). The Hall–Kier alpha value is -2.24. The number of ether oxygens (including phenoxy) is 3. The summed E-state index contributed by atoms with van der Waals surface area (Å²) in [5, 5.41) is 3.96.